The Labute approximate surface area is 171 Å². The Morgan fingerprint density at radius 2 is 2.00 bits per heavy atom. The Morgan fingerprint density at radius 1 is 1.20 bits per heavy atom. The third-order valence-electron chi connectivity index (χ3n) is 4.83. The van der Waals surface area contributed by atoms with Crippen molar-refractivity contribution in [1.29, 1.82) is 0 Å². The summed E-state index contributed by atoms with van der Waals surface area (Å²) in [5, 5.41) is 2.07. The molecular weight excluding hydrogens is 413 g/mol. The van der Waals surface area contributed by atoms with Crippen molar-refractivity contribution in [3.8, 4) is 5.75 Å². The first-order chi connectivity index (χ1) is 14.3. The second kappa shape index (κ2) is 7.44. The molecule has 156 valence electrons. The van der Waals surface area contributed by atoms with Gasteiger partial charge in [-0.15, -0.1) is 0 Å². The van der Waals surface area contributed by atoms with Crippen LogP contribution in [0.3, 0.4) is 0 Å². The number of hydrogen-bond acceptors (Lipinski definition) is 10. The van der Waals surface area contributed by atoms with Gasteiger partial charge in [-0.2, -0.15) is 0 Å². The lowest BCUT2D eigenvalue weighted by molar-refractivity contribution is 0.413. The highest BCUT2D eigenvalue weighted by atomic mass is 32.2. The van der Waals surface area contributed by atoms with Crippen molar-refractivity contribution in [2.24, 2.45) is 10.7 Å². The highest BCUT2D eigenvalue weighted by Crippen LogP contribution is 2.30. The summed E-state index contributed by atoms with van der Waals surface area (Å²) in [5.74, 6) is 0.0682. The third kappa shape index (κ3) is 3.61. The number of aromatic nitrogens is 4. The largest absolute Gasteiger partial charge is 0.495 e. The van der Waals surface area contributed by atoms with Gasteiger partial charge in [0.15, 0.2) is 15.7 Å². The first kappa shape index (κ1) is 19.9. The number of ether oxygens (including phenoxy) is 1. The number of nitrogens with zero attached hydrogens (tertiary/aromatic N) is 5. The van der Waals surface area contributed by atoms with E-state index in [2.05, 4.69) is 30.2 Å². The summed E-state index contributed by atoms with van der Waals surface area (Å²) in [6, 6.07) is 2.13. The summed E-state index contributed by atoms with van der Waals surface area (Å²) in [5.41, 5.74) is 6.83. The first-order valence-corrected chi connectivity index (χ1v) is 10.6. The van der Waals surface area contributed by atoms with Crippen molar-refractivity contribution in [2.45, 2.75) is 18.2 Å². The fourth-order valence-electron chi connectivity index (χ4n) is 3.06. The molecule has 4 rings (SSSR count). The number of nitrogens with two attached hydrogens (primary N) is 1. The Balaban J connectivity index is 1.71. The van der Waals surface area contributed by atoms with Crippen LogP contribution in [0.15, 0.2) is 35.8 Å². The number of aliphatic imine (C=N–C) groups is 1. The van der Waals surface area contributed by atoms with Crippen molar-refractivity contribution in [1.82, 2.24) is 19.9 Å². The van der Waals surface area contributed by atoms with Crippen LogP contribution in [0, 0.1) is 5.82 Å². The lowest BCUT2D eigenvalue weighted by atomic mass is 10.1. The van der Waals surface area contributed by atoms with E-state index in [1.54, 1.807) is 6.07 Å². The Morgan fingerprint density at radius 3 is 2.73 bits per heavy atom. The molecule has 1 aliphatic heterocycles. The molecule has 0 saturated heterocycles. The van der Waals surface area contributed by atoms with Crippen LogP contribution < -0.4 is 15.8 Å². The maximum absolute atomic E-state index is 14.5. The SMILES string of the molecule is COc1cnc2c(Nc3cc(C4CS(=O)(=O)C(C)C(N)=N4)c(F)cn3)ncnc2c1. The van der Waals surface area contributed by atoms with Crippen molar-refractivity contribution in [3.05, 3.63) is 42.2 Å². The molecule has 4 heterocycles. The van der Waals surface area contributed by atoms with E-state index < -0.39 is 26.9 Å². The van der Waals surface area contributed by atoms with Gasteiger partial charge in [-0.3, -0.25) is 4.99 Å². The molecule has 0 radical (unpaired) electrons. The minimum Gasteiger partial charge on any atom is -0.495 e. The Hall–Kier alpha value is -3.41. The number of nitrogens with one attached hydrogen (secondary N) is 1. The highest BCUT2D eigenvalue weighted by Gasteiger charge is 2.35. The molecule has 0 saturated carbocycles. The number of pyridine rings is 2. The van der Waals surface area contributed by atoms with Crippen LogP contribution in [0.2, 0.25) is 0 Å². The molecule has 0 amide bonds. The van der Waals surface area contributed by atoms with E-state index in [4.69, 9.17) is 10.5 Å². The molecule has 0 aromatic carbocycles. The number of methoxy groups -OCH3 is 1. The summed E-state index contributed by atoms with van der Waals surface area (Å²) < 4.78 is 44.2. The summed E-state index contributed by atoms with van der Waals surface area (Å²) in [6.45, 7) is 1.46. The van der Waals surface area contributed by atoms with Gasteiger partial charge in [0.05, 0.1) is 36.8 Å². The van der Waals surface area contributed by atoms with Gasteiger partial charge in [0.2, 0.25) is 0 Å². The molecule has 10 nitrogen and oxygen atoms in total. The molecule has 0 aliphatic carbocycles. The van der Waals surface area contributed by atoms with Crippen molar-refractivity contribution in [3.63, 3.8) is 0 Å². The van der Waals surface area contributed by atoms with Gasteiger partial charge in [0, 0.05) is 11.6 Å². The summed E-state index contributed by atoms with van der Waals surface area (Å²) in [6.07, 6.45) is 3.86. The minimum atomic E-state index is -3.54. The van der Waals surface area contributed by atoms with E-state index in [9.17, 15) is 12.8 Å². The molecule has 0 spiro atoms. The van der Waals surface area contributed by atoms with Crippen LogP contribution in [0.5, 0.6) is 5.75 Å². The average molecular weight is 431 g/mol. The second-order valence-electron chi connectivity index (χ2n) is 6.72. The fourth-order valence-corrected chi connectivity index (χ4v) is 4.47. The second-order valence-corrected chi connectivity index (χ2v) is 9.09. The third-order valence-corrected chi connectivity index (χ3v) is 6.93. The lowest BCUT2D eigenvalue weighted by Crippen LogP contribution is -2.40. The van der Waals surface area contributed by atoms with Gasteiger partial charge < -0.3 is 15.8 Å². The van der Waals surface area contributed by atoms with Crippen LogP contribution in [0.1, 0.15) is 18.5 Å². The van der Waals surface area contributed by atoms with Gasteiger partial charge >= 0.3 is 0 Å². The van der Waals surface area contributed by atoms with Gasteiger partial charge in [-0.1, -0.05) is 0 Å². The number of rotatable bonds is 4. The molecule has 1 aliphatic rings. The number of sulfone groups is 1. The van der Waals surface area contributed by atoms with Gasteiger partial charge in [-0.05, 0) is 13.0 Å². The average Bonchev–Trinajstić information content (AvgIpc) is 2.72. The predicted molar refractivity (Wildman–Crippen MR) is 109 cm³/mol. The number of amidine groups is 1. The summed E-state index contributed by atoms with van der Waals surface area (Å²) in [7, 11) is -2.02. The van der Waals surface area contributed by atoms with Gasteiger partial charge in [0.1, 0.15) is 40.3 Å². The zero-order valence-corrected chi connectivity index (χ0v) is 16.9. The van der Waals surface area contributed by atoms with Gasteiger partial charge in [-0.25, -0.2) is 32.7 Å². The predicted octanol–water partition coefficient (Wildman–Crippen LogP) is 1.53. The molecule has 2 unspecified atom stereocenters. The molecule has 12 heteroatoms. The molecule has 0 fully saturated rings. The van der Waals surface area contributed by atoms with Gasteiger partial charge in [0.25, 0.3) is 0 Å². The van der Waals surface area contributed by atoms with Crippen LogP contribution in [-0.2, 0) is 9.84 Å². The minimum absolute atomic E-state index is 0.0445. The maximum atomic E-state index is 14.5. The molecule has 3 aromatic heterocycles. The number of fused-ring (bicyclic) bond motifs is 1. The zero-order chi connectivity index (χ0) is 21.5. The number of anilines is 2. The summed E-state index contributed by atoms with van der Waals surface area (Å²) >= 11 is 0. The quantitative estimate of drug-likeness (QED) is 0.628. The standard InChI is InChI=1S/C18H18FN7O3S/c1-9-17(20)25-14(7-30(9,27)28)11-4-15(21-6-12(11)19)26-18-16-13(23-8-24-18)3-10(29-2)5-22-16/h3-6,8-9,14H,7H2,1-2H3,(H2,20,25)(H,21,23,24,26). The van der Waals surface area contributed by atoms with Crippen LogP contribution in [0.25, 0.3) is 11.0 Å². The van der Waals surface area contributed by atoms with E-state index in [1.807, 2.05) is 0 Å². The molecule has 0 bridgehead atoms. The summed E-state index contributed by atoms with van der Waals surface area (Å²) in [4.78, 5) is 20.8. The van der Waals surface area contributed by atoms with E-state index in [0.29, 0.717) is 22.6 Å². The fraction of sp³-hybridized carbons (Fsp3) is 0.278. The Kier molecular flexibility index (Phi) is 4.94. The molecule has 2 atom stereocenters. The van der Waals surface area contributed by atoms with Crippen LogP contribution in [0.4, 0.5) is 16.0 Å². The highest BCUT2D eigenvalue weighted by molar-refractivity contribution is 7.92. The Bertz CT molecular complexity index is 1270. The zero-order valence-electron chi connectivity index (χ0n) is 16.1. The van der Waals surface area contributed by atoms with E-state index in [0.717, 1.165) is 6.20 Å². The van der Waals surface area contributed by atoms with E-state index >= 15 is 0 Å². The monoisotopic (exact) mass is 431 g/mol. The normalized spacial score (nSPS) is 20.6. The molecule has 3 aromatic rings. The smallest absolute Gasteiger partial charge is 0.162 e. The molecule has 30 heavy (non-hydrogen) atoms. The van der Waals surface area contributed by atoms with Crippen molar-refractivity contribution >= 4 is 38.3 Å². The molecule has 3 N–H and O–H groups in total. The van der Waals surface area contributed by atoms with Crippen LogP contribution >= 0.6 is 0 Å². The topological polar surface area (TPSA) is 145 Å². The molecular formula is C18H18FN7O3S. The lowest BCUT2D eigenvalue weighted by Gasteiger charge is -2.24. The van der Waals surface area contributed by atoms with Crippen LogP contribution in [-0.4, -0.2) is 52.3 Å². The first-order valence-electron chi connectivity index (χ1n) is 8.90. The van der Waals surface area contributed by atoms with Crippen molar-refractivity contribution < 1.29 is 17.5 Å². The van der Waals surface area contributed by atoms with E-state index in [1.165, 1.54) is 32.6 Å². The number of halogens is 1. The maximum Gasteiger partial charge on any atom is 0.162 e. The number of hydrogen-bond donors (Lipinski definition) is 2. The van der Waals surface area contributed by atoms with Crippen molar-refractivity contribution in [2.75, 3.05) is 18.2 Å². The van der Waals surface area contributed by atoms with E-state index in [-0.39, 0.29) is 23.0 Å².